The van der Waals surface area contributed by atoms with Gasteiger partial charge in [0.05, 0.1) is 11.2 Å². The molecule has 0 aliphatic rings. The summed E-state index contributed by atoms with van der Waals surface area (Å²) in [7, 11) is 0. The van der Waals surface area contributed by atoms with E-state index in [2.05, 4.69) is 15.6 Å². The average molecular weight is 305 g/mol. The number of Topliss-reactive ketones (excluding diaryl/α,β-unsaturated/α-hetero) is 1. The number of fused-ring (bicyclic) bond motifs is 1. The minimum absolute atomic E-state index is 0.0488. The van der Waals surface area contributed by atoms with Gasteiger partial charge in [0.25, 0.3) is 0 Å². The van der Waals surface area contributed by atoms with Crippen LogP contribution in [-0.2, 0) is 0 Å². The number of carbonyl (C=O) groups is 2. The van der Waals surface area contributed by atoms with Crippen molar-refractivity contribution in [2.45, 2.75) is 6.92 Å². The number of urea groups is 1. The van der Waals surface area contributed by atoms with Crippen LogP contribution < -0.4 is 10.6 Å². The largest absolute Gasteiger partial charge is 0.323 e. The molecule has 2 aromatic carbocycles. The maximum absolute atomic E-state index is 12.2. The standard InChI is InChI=1S/C18H15N3O2/c1-12(22)14-6-2-8-15(11-14)20-18(23)21-16-9-3-5-13-7-4-10-19-17(13)16/h2-11H,1H3,(H2,20,21,23). The number of nitrogens with zero attached hydrogens (tertiary/aromatic N) is 1. The number of benzene rings is 2. The van der Waals surface area contributed by atoms with Gasteiger partial charge in [0.15, 0.2) is 5.78 Å². The molecule has 0 bridgehead atoms. The molecule has 3 aromatic rings. The van der Waals surface area contributed by atoms with Gasteiger partial charge in [0.2, 0.25) is 0 Å². The lowest BCUT2D eigenvalue weighted by Gasteiger charge is -2.10. The SMILES string of the molecule is CC(=O)c1cccc(NC(=O)Nc2cccc3cccnc23)c1. The van der Waals surface area contributed by atoms with Crippen LogP contribution in [0.2, 0.25) is 0 Å². The number of anilines is 2. The van der Waals surface area contributed by atoms with Crippen LogP contribution in [0.4, 0.5) is 16.2 Å². The van der Waals surface area contributed by atoms with Crippen LogP contribution >= 0.6 is 0 Å². The summed E-state index contributed by atoms with van der Waals surface area (Å²) in [5.41, 5.74) is 2.46. The van der Waals surface area contributed by atoms with Crippen molar-refractivity contribution in [1.82, 2.24) is 4.98 Å². The number of rotatable bonds is 3. The summed E-state index contributed by atoms with van der Waals surface area (Å²) < 4.78 is 0. The summed E-state index contributed by atoms with van der Waals surface area (Å²) in [5, 5.41) is 6.45. The third-order valence-electron chi connectivity index (χ3n) is 3.41. The van der Waals surface area contributed by atoms with Gasteiger partial charge in [-0.25, -0.2) is 4.79 Å². The van der Waals surface area contributed by atoms with Crippen molar-refractivity contribution in [3.8, 4) is 0 Å². The van der Waals surface area contributed by atoms with Crippen LogP contribution in [-0.4, -0.2) is 16.8 Å². The summed E-state index contributed by atoms with van der Waals surface area (Å²) in [6.45, 7) is 1.49. The lowest BCUT2D eigenvalue weighted by Crippen LogP contribution is -2.19. The van der Waals surface area contributed by atoms with Gasteiger partial charge in [0.1, 0.15) is 0 Å². The fourth-order valence-corrected chi connectivity index (χ4v) is 2.31. The van der Waals surface area contributed by atoms with E-state index < -0.39 is 0 Å². The fourth-order valence-electron chi connectivity index (χ4n) is 2.31. The lowest BCUT2D eigenvalue weighted by atomic mass is 10.1. The number of aromatic nitrogens is 1. The monoisotopic (exact) mass is 305 g/mol. The topological polar surface area (TPSA) is 71.1 Å². The van der Waals surface area contributed by atoms with Gasteiger partial charge < -0.3 is 10.6 Å². The molecule has 0 spiro atoms. The molecule has 3 rings (SSSR count). The second-order valence-electron chi connectivity index (χ2n) is 5.10. The molecule has 0 saturated carbocycles. The van der Waals surface area contributed by atoms with Crippen LogP contribution in [0.15, 0.2) is 60.8 Å². The van der Waals surface area contributed by atoms with Gasteiger partial charge in [-0.2, -0.15) is 0 Å². The Morgan fingerprint density at radius 2 is 1.74 bits per heavy atom. The van der Waals surface area contributed by atoms with E-state index in [1.807, 2.05) is 24.3 Å². The third-order valence-corrected chi connectivity index (χ3v) is 3.41. The Morgan fingerprint density at radius 3 is 2.57 bits per heavy atom. The third kappa shape index (κ3) is 3.35. The number of pyridine rings is 1. The highest BCUT2D eigenvalue weighted by molar-refractivity contribution is 6.05. The molecule has 2 amide bonds. The fraction of sp³-hybridized carbons (Fsp3) is 0.0556. The first kappa shape index (κ1) is 14.7. The normalized spacial score (nSPS) is 10.3. The Kier molecular flexibility index (Phi) is 4.01. The summed E-state index contributed by atoms with van der Waals surface area (Å²) in [4.78, 5) is 27.8. The summed E-state index contributed by atoms with van der Waals surface area (Å²) in [6, 6.07) is 15.8. The van der Waals surface area contributed by atoms with E-state index in [9.17, 15) is 9.59 Å². The van der Waals surface area contributed by atoms with Crippen molar-refractivity contribution in [2.75, 3.05) is 10.6 Å². The van der Waals surface area contributed by atoms with Gasteiger partial charge in [-0.1, -0.05) is 30.3 Å². The molecule has 5 heteroatoms. The quantitative estimate of drug-likeness (QED) is 0.716. The second-order valence-corrected chi connectivity index (χ2v) is 5.10. The number of hydrogen-bond acceptors (Lipinski definition) is 3. The second kappa shape index (κ2) is 6.27. The van der Waals surface area contributed by atoms with E-state index in [1.165, 1.54) is 6.92 Å². The smallest absolute Gasteiger partial charge is 0.308 e. The van der Waals surface area contributed by atoms with Crippen LogP contribution in [0, 0.1) is 0 Å². The Balaban J connectivity index is 1.79. The minimum atomic E-state index is -0.385. The van der Waals surface area contributed by atoms with Crippen molar-refractivity contribution in [1.29, 1.82) is 0 Å². The average Bonchev–Trinajstić information content (AvgIpc) is 2.55. The van der Waals surface area contributed by atoms with Gasteiger partial charge in [-0.3, -0.25) is 9.78 Å². The van der Waals surface area contributed by atoms with Crippen molar-refractivity contribution in [3.63, 3.8) is 0 Å². The van der Waals surface area contributed by atoms with E-state index in [1.54, 1.807) is 36.5 Å². The Labute approximate surface area is 133 Å². The van der Waals surface area contributed by atoms with Crippen LogP contribution in [0.3, 0.4) is 0 Å². The van der Waals surface area contributed by atoms with Crippen molar-refractivity contribution in [2.24, 2.45) is 0 Å². The number of nitrogens with one attached hydrogen (secondary N) is 2. The van der Waals surface area contributed by atoms with E-state index in [0.29, 0.717) is 16.9 Å². The van der Waals surface area contributed by atoms with E-state index in [0.717, 1.165) is 10.9 Å². The molecule has 114 valence electrons. The molecule has 0 aliphatic heterocycles. The van der Waals surface area contributed by atoms with E-state index in [4.69, 9.17) is 0 Å². The molecular weight excluding hydrogens is 290 g/mol. The van der Waals surface area contributed by atoms with E-state index >= 15 is 0 Å². The molecule has 23 heavy (non-hydrogen) atoms. The zero-order valence-electron chi connectivity index (χ0n) is 12.5. The summed E-state index contributed by atoms with van der Waals surface area (Å²) >= 11 is 0. The highest BCUT2D eigenvalue weighted by atomic mass is 16.2. The number of hydrogen-bond donors (Lipinski definition) is 2. The first-order chi connectivity index (χ1) is 11.1. The van der Waals surface area contributed by atoms with E-state index in [-0.39, 0.29) is 11.8 Å². The van der Waals surface area contributed by atoms with Crippen LogP contribution in [0.1, 0.15) is 17.3 Å². The molecule has 1 aromatic heterocycles. The first-order valence-corrected chi connectivity index (χ1v) is 7.16. The number of ketones is 1. The van der Waals surface area contributed by atoms with Crippen LogP contribution in [0.5, 0.6) is 0 Å². The Hall–Kier alpha value is -3.21. The Bertz CT molecular complexity index is 885. The molecule has 0 radical (unpaired) electrons. The maximum Gasteiger partial charge on any atom is 0.323 e. The van der Waals surface area contributed by atoms with Gasteiger partial charge in [0, 0.05) is 22.8 Å². The summed E-state index contributed by atoms with van der Waals surface area (Å²) in [5.74, 6) is -0.0488. The van der Waals surface area contributed by atoms with Crippen LogP contribution in [0.25, 0.3) is 10.9 Å². The lowest BCUT2D eigenvalue weighted by molar-refractivity contribution is 0.101. The molecule has 1 heterocycles. The first-order valence-electron chi connectivity index (χ1n) is 7.16. The van der Waals surface area contributed by atoms with Gasteiger partial charge in [-0.05, 0) is 31.2 Å². The molecule has 0 atom stereocenters. The zero-order chi connectivity index (χ0) is 16.2. The molecule has 0 fully saturated rings. The molecule has 2 N–H and O–H groups in total. The van der Waals surface area contributed by atoms with Crippen molar-refractivity contribution in [3.05, 3.63) is 66.4 Å². The highest BCUT2D eigenvalue weighted by Gasteiger charge is 2.07. The number of amides is 2. The summed E-state index contributed by atoms with van der Waals surface area (Å²) in [6.07, 6.45) is 1.68. The molecule has 0 aliphatic carbocycles. The predicted octanol–water partition coefficient (Wildman–Crippen LogP) is 4.08. The number of para-hydroxylation sites is 1. The van der Waals surface area contributed by atoms with Gasteiger partial charge in [-0.15, -0.1) is 0 Å². The number of carbonyl (C=O) groups excluding carboxylic acids is 2. The van der Waals surface area contributed by atoms with Crippen molar-refractivity contribution >= 4 is 34.1 Å². The highest BCUT2D eigenvalue weighted by Crippen LogP contribution is 2.21. The van der Waals surface area contributed by atoms with Gasteiger partial charge >= 0.3 is 6.03 Å². The minimum Gasteiger partial charge on any atom is -0.308 e. The molecule has 0 saturated heterocycles. The molecule has 5 nitrogen and oxygen atoms in total. The molecular formula is C18H15N3O2. The zero-order valence-corrected chi connectivity index (χ0v) is 12.5. The predicted molar refractivity (Wildman–Crippen MR) is 90.8 cm³/mol. The Morgan fingerprint density at radius 1 is 0.957 bits per heavy atom. The maximum atomic E-state index is 12.2. The van der Waals surface area contributed by atoms with Crippen molar-refractivity contribution < 1.29 is 9.59 Å². The molecule has 0 unspecified atom stereocenters.